The molecule has 4 aromatic rings. The Morgan fingerprint density at radius 1 is 1.04 bits per heavy atom. The van der Waals surface area contributed by atoms with Crippen LogP contribution in [0.25, 0.3) is 22.4 Å². The third-order valence-corrected chi connectivity index (χ3v) is 4.65. The molecule has 0 aliphatic rings. The van der Waals surface area contributed by atoms with Gasteiger partial charge in [0.1, 0.15) is 11.6 Å². The molecule has 26 heavy (non-hydrogen) atoms. The van der Waals surface area contributed by atoms with Crippen LogP contribution in [0.2, 0.25) is 0 Å². The van der Waals surface area contributed by atoms with Gasteiger partial charge in [0.15, 0.2) is 0 Å². The SMILES string of the molecule is O=C(Nc1cccc(-c2nc3ccccc3[nH]2)c1)c1cc(F)ccc1Br. The van der Waals surface area contributed by atoms with Crippen molar-refractivity contribution >= 4 is 38.6 Å². The highest BCUT2D eigenvalue weighted by Gasteiger charge is 2.12. The molecule has 6 heteroatoms. The lowest BCUT2D eigenvalue weighted by Gasteiger charge is -2.08. The van der Waals surface area contributed by atoms with E-state index >= 15 is 0 Å². The van der Waals surface area contributed by atoms with Crippen LogP contribution in [-0.2, 0) is 0 Å². The van der Waals surface area contributed by atoms with Crippen molar-refractivity contribution in [2.24, 2.45) is 0 Å². The minimum atomic E-state index is -0.464. The number of carbonyl (C=O) groups excluding carboxylic acids is 1. The fraction of sp³-hybridized carbons (Fsp3) is 0. The lowest BCUT2D eigenvalue weighted by Crippen LogP contribution is -2.13. The minimum absolute atomic E-state index is 0.235. The zero-order valence-corrected chi connectivity index (χ0v) is 15.0. The molecule has 1 heterocycles. The minimum Gasteiger partial charge on any atom is -0.338 e. The third kappa shape index (κ3) is 3.23. The second kappa shape index (κ2) is 6.72. The van der Waals surface area contributed by atoms with Gasteiger partial charge in [0.2, 0.25) is 0 Å². The molecule has 0 saturated carbocycles. The molecule has 0 fully saturated rings. The maximum Gasteiger partial charge on any atom is 0.256 e. The van der Waals surface area contributed by atoms with E-state index < -0.39 is 11.7 Å². The number of anilines is 1. The number of aromatic amines is 1. The van der Waals surface area contributed by atoms with E-state index in [1.54, 1.807) is 6.07 Å². The largest absolute Gasteiger partial charge is 0.338 e. The zero-order valence-electron chi connectivity index (χ0n) is 13.5. The topological polar surface area (TPSA) is 57.8 Å². The highest BCUT2D eigenvalue weighted by Crippen LogP contribution is 2.24. The van der Waals surface area contributed by atoms with Crippen molar-refractivity contribution in [2.75, 3.05) is 5.32 Å². The van der Waals surface area contributed by atoms with E-state index in [4.69, 9.17) is 0 Å². The summed E-state index contributed by atoms with van der Waals surface area (Å²) in [4.78, 5) is 20.3. The summed E-state index contributed by atoms with van der Waals surface area (Å²) in [6.45, 7) is 0. The van der Waals surface area contributed by atoms with E-state index in [-0.39, 0.29) is 5.56 Å². The Labute approximate surface area is 157 Å². The normalized spacial score (nSPS) is 10.8. The fourth-order valence-electron chi connectivity index (χ4n) is 2.70. The quantitative estimate of drug-likeness (QED) is 0.476. The number of nitrogens with zero attached hydrogens (tertiary/aromatic N) is 1. The molecule has 1 aromatic heterocycles. The van der Waals surface area contributed by atoms with Crippen LogP contribution in [0.5, 0.6) is 0 Å². The second-order valence-corrected chi connectivity index (χ2v) is 6.62. The third-order valence-electron chi connectivity index (χ3n) is 3.96. The number of nitrogens with one attached hydrogen (secondary N) is 2. The number of amides is 1. The van der Waals surface area contributed by atoms with Gasteiger partial charge in [0.25, 0.3) is 5.91 Å². The van der Waals surface area contributed by atoms with Crippen molar-refractivity contribution < 1.29 is 9.18 Å². The summed E-state index contributed by atoms with van der Waals surface area (Å²) in [5, 5.41) is 2.79. The standard InChI is InChI=1S/C20H13BrFN3O/c21-16-9-8-13(22)11-15(16)20(26)23-14-5-3-4-12(10-14)19-24-17-6-1-2-7-18(17)25-19/h1-11H,(H,23,26)(H,24,25). The van der Waals surface area contributed by atoms with Gasteiger partial charge in [0, 0.05) is 15.7 Å². The molecule has 1 amide bonds. The molecule has 0 unspecified atom stereocenters. The average Bonchev–Trinajstić information content (AvgIpc) is 3.08. The zero-order chi connectivity index (χ0) is 18.1. The van der Waals surface area contributed by atoms with Crippen LogP contribution in [0.4, 0.5) is 10.1 Å². The Morgan fingerprint density at radius 2 is 1.88 bits per heavy atom. The van der Waals surface area contributed by atoms with E-state index in [9.17, 15) is 9.18 Å². The van der Waals surface area contributed by atoms with Crippen LogP contribution in [-0.4, -0.2) is 15.9 Å². The molecule has 0 bridgehead atoms. The van der Waals surface area contributed by atoms with Gasteiger partial charge >= 0.3 is 0 Å². The lowest BCUT2D eigenvalue weighted by molar-refractivity contribution is 0.102. The van der Waals surface area contributed by atoms with E-state index in [0.29, 0.717) is 16.0 Å². The number of hydrogen-bond acceptors (Lipinski definition) is 2. The highest BCUT2D eigenvalue weighted by molar-refractivity contribution is 9.10. The van der Waals surface area contributed by atoms with Crippen molar-refractivity contribution in [3.63, 3.8) is 0 Å². The van der Waals surface area contributed by atoms with Crippen LogP contribution >= 0.6 is 15.9 Å². The Bertz CT molecular complexity index is 1090. The van der Waals surface area contributed by atoms with Crippen molar-refractivity contribution in [2.45, 2.75) is 0 Å². The Morgan fingerprint density at radius 3 is 2.73 bits per heavy atom. The van der Waals surface area contributed by atoms with Gasteiger partial charge in [-0.25, -0.2) is 9.37 Å². The first-order valence-electron chi connectivity index (χ1n) is 7.92. The van der Waals surface area contributed by atoms with Crippen LogP contribution < -0.4 is 5.32 Å². The van der Waals surface area contributed by atoms with Crippen molar-refractivity contribution in [3.05, 3.63) is 82.6 Å². The molecule has 0 aliphatic heterocycles. The molecule has 0 saturated heterocycles. The van der Waals surface area contributed by atoms with Crippen LogP contribution in [0.3, 0.4) is 0 Å². The molecule has 0 atom stereocenters. The Kier molecular flexibility index (Phi) is 4.26. The van der Waals surface area contributed by atoms with Gasteiger partial charge in [-0.1, -0.05) is 24.3 Å². The number of fused-ring (bicyclic) bond motifs is 1. The lowest BCUT2D eigenvalue weighted by atomic mass is 10.1. The Hall–Kier alpha value is -2.99. The summed E-state index contributed by atoms with van der Waals surface area (Å²) >= 11 is 3.27. The van der Waals surface area contributed by atoms with E-state index in [1.165, 1.54) is 18.2 Å². The molecule has 0 spiro atoms. The van der Waals surface area contributed by atoms with Gasteiger partial charge in [-0.15, -0.1) is 0 Å². The summed E-state index contributed by atoms with van der Waals surface area (Å²) in [6, 6.07) is 19.1. The number of rotatable bonds is 3. The summed E-state index contributed by atoms with van der Waals surface area (Å²) < 4.78 is 14.0. The second-order valence-electron chi connectivity index (χ2n) is 5.76. The number of hydrogen-bond donors (Lipinski definition) is 2. The number of H-pyrrole nitrogens is 1. The first-order chi connectivity index (χ1) is 12.6. The number of halogens is 2. The number of para-hydroxylation sites is 2. The maximum absolute atomic E-state index is 13.4. The van der Waals surface area contributed by atoms with Gasteiger partial charge in [-0.2, -0.15) is 0 Å². The molecule has 4 rings (SSSR count). The maximum atomic E-state index is 13.4. The monoisotopic (exact) mass is 409 g/mol. The van der Waals surface area contributed by atoms with Crippen LogP contribution in [0.15, 0.2) is 71.2 Å². The molecule has 3 aromatic carbocycles. The summed E-state index contributed by atoms with van der Waals surface area (Å²) in [7, 11) is 0. The fourth-order valence-corrected chi connectivity index (χ4v) is 3.13. The first kappa shape index (κ1) is 16.5. The van der Waals surface area contributed by atoms with E-state index in [2.05, 4.69) is 31.2 Å². The number of carbonyl (C=O) groups is 1. The molecule has 2 N–H and O–H groups in total. The molecule has 0 aliphatic carbocycles. The number of aromatic nitrogens is 2. The molecular formula is C20H13BrFN3O. The van der Waals surface area contributed by atoms with Crippen molar-refractivity contribution in [1.29, 1.82) is 0 Å². The van der Waals surface area contributed by atoms with Crippen molar-refractivity contribution in [1.82, 2.24) is 9.97 Å². The van der Waals surface area contributed by atoms with E-state index in [1.807, 2.05) is 42.5 Å². The number of imidazole rings is 1. The highest BCUT2D eigenvalue weighted by atomic mass is 79.9. The average molecular weight is 410 g/mol. The van der Waals surface area contributed by atoms with Gasteiger partial charge in [0.05, 0.1) is 16.6 Å². The molecular weight excluding hydrogens is 397 g/mol. The molecule has 4 nitrogen and oxygen atoms in total. The van der Waals surface area contributed by atoms with Crippen molar-refractivity contribution in [3.8, 4) is 11.4 Å². The van der Waals surface area contributed by atoms with Gasteiger partial charge < -0.3 is 10.3 Å². The molecule has 128 valence electrons. The predicted octanol–water partition coefficient (Wildman–Crippen LogP) is 5.38. The molecule has 0 radical (unpaired) electrons. The van der Waals surface area contributed by atoms with Gasteiger partial charge in [-0.3, -0.25) is 4.79 Å². The van der Waals surface area contributed by atoms with Crippen LogP contribution in [0, 0.1) is 5.82 Å². The Balaban J connectivity index is 1.63. The van der Waals surface area contributed by atoms with E-state index in [0.717, 1.165) is 16.6 Å². The number of benzene rings is 3. The smallest absolute Gasteiger partial charge is 0.256 e. The summed E-state index contributed by atoms with van der Waals surface area (Å²) in [5.74, 6) is -0.137. The summed E-state index contributed by atoms with van der Waals surface area (Å²) in [5.41, 5.74) is 3.50. The van der Waals surface area contributed by atoms with Gasteiger partial charge in [-0.05, 0) is 58.4 Å². The first-order valence-corrected chi connectivity index (χ1v) is 8.71. The summed E-state index contributed by atoms with van der Waals surface area (Å²) in [6.07, 6.45) is 0. The van der Waals surface area contributed by atoms with Crippen LogP contribution in [0.1, 0.15) is 10.4 Å². The predicted molar refractivity (Wildman–Crippen MR) is 104 cm³/mol.